The van der Waals surface area contributed by atoms with Crippen molar-refractivity contribution in [3.8, 4) is 0 Å². The van der Waals surface area contributed by atoms with Crippen LogP contribution in [0.3, 0.4) is 0 Å². The molecule has 1 unspecified atom stereocenters. The van der Waals surface area contributed by atoms with Crippen molar-refractivity contribution in [1.29, 1.82) is 0 Å². The third-order valence-corrected chi connectivity index (χ3v) is 3.60. The van der Waals surface area contributed by atoms with Crippen molar-refractivity contribution in [2.75, 3.05) is 18.0 Å². The Bertz CT molecular complexity index is 604. The molecule has 1 aliphatic rings. The van der Waals surface area contributed by atoms with Gasteiger partial charge >= 0.3 is 0 Å². The van der Waals surface area contributed by atoms with Gasteiger partial charge in [-0.2, -0.15) is 5.10 Å². The molecule has 94 valence electrons. The minimum atomic E-state index is 0.154. The van der Waals surface area contributed by atoms with Crippen molar-refractivity contribution in [3.05, 3.63) is 24.4 Å². The molecule has 0 aliphatic carbocycles. The number of carbonyl (C=O) groups is 1. The molecule has 5 nitrogen and oxygen atoms in total. The van der Waals surface area contributed by atoms with Crippen LogP contribution in [0.15, 0.2) is 24.4 Å². The van der Waals surface area contributed by atoms with E-state index in [2.05, 4.69) is 5.10 Å². The fourth-order valence-corrected chi connectivity index (χ4v) is 2.57. The number of anilines is 1. The maximum absolute atomic E-state index is 12.0. The quantitative estimate of drug-likeness (QED) is 0.853. The molecule has 1 fully saturated rings. The molecular formula is C13H16N4O. The topological polar surface area (TPSA) is 64.2 Å². The highest BCUT2D eigenvalue weighted by Gasteiger charge is 2.30. The number of aromatic nitrogens is 2. The summed E-state index contributed by atoms with van der Waals surface area (Å²) in [5, 5.41) is 5.27. The first-order chi connectivity index (χ1) is 8.70. The summed E-state index contributed by atoms with van der Waals surface area (Å²) in [7, 11) is 1.90. The molecule has 1 amide bonds. The van der Waals surface area contributed by atoms with Crippen LogP contribution in [-0.2, 0) is 11.8 Å². The van der Waals surface area contributed by atoms with Crippen LogP contribution in [0.1, 0.15) is 6.42 Å². The first-order valence-electron chi connectivity index (χ1n) is 6.12. The number of rotatable bonds is 2. The van der Waals surface area contributed by atoms with Gasteiger partial charge in [0.25, 0.3) is 0 Å². The van der Waals surface area contributed by atoms with E-state index in [0.29, 0.717) is 19.5 Å². The second-order valence-electron chi connectivity index (χ2n) is 4.79. The Labute approximate surface area is 105 Å². The lowest BCUT2D eigenvalue weighted by atomic mass is 10.1. The van der Waals surface area contributed by atoms with Crippen LogP contribution in [0.25, 0.3) is 10.9 Å². The zero-order chi connectivity index (χ0) is 12.7. The number of nitrogens with two attached hydrogens (primary N) is 1. The van der Waals surface area contributed by atoms with E-state index in [-0.39, 0.29) is 11.8 Å². The molecule has 0 saturated carbocycles. The van der Waals surface area contributed by atoms with Crippen molar-refractivity contribution < 1.29 is 4.79 Å². The van der Waals surface area contributed by atoms with Gasteiger partial charge in [-0.15, -0.1) is 0 Å². The first-order valence-corrected chi connectivity index (χ1v) is 6.12. The molecular weight excluding hydrogens is 228 g/mol. The molecule has 5 heteroatoms. The molecule has 2 heterocycles. The van der Waals surface area contributed by atoms with Crippen molar-refractivity contribution in [3.63, 3.8) is 0 Å². The molecule has 1 atom stereocenters. The lowest BCUT2D eigenvalue weighted by Gasteiger charge is -2.17. The van der Waals surface area contributed by atoms with Crippen molar-refractivity contribution in [1.82, 2.24) is 9.78 Å². The van der Waals surface area contributed by atoms with Crippen molar-refractivity contribution in [2.45, 2.75) is 6.42 Å². The van der Waals surface area contributed by atoms with Crippen LogP contribution < -0.4 is 10.6 Å². The fourth-order valence-electron chi connectivity index (χ4n) is 2.57. The zero-order valence-corrected chi connectivity index (χ0v) is 10.3. The van der Waals surface area contributed by atoms with Gasteiger partial charge in [0.1, 0.15) is 0 Å². The average Bonchev–Trinajstić information content (AvgIpc) is 2.93. The molecule has 1 aromatic carbocycles. The summed E-state index contributed by atoms with van der Waals surface area (Å²) < 4.78 is 1.82. The third-order valence-electron chi connectivity index (χ3n) is 3.60. The molecule has 0 bridgehead atoms. The molecule has 1 aliphatic heterocycles. The van der Waals surface area contributed by atoms with Gasteiger partial charge in [-0.25, -0.2) is 0 Å². The fraction of sp³-hybridized carbons (Fsp3) is 0.385. The average molecular weight is 244 g/mol. The largest absolute Gasteiger partial charge is 0.330 e. The molecule has 0 spiro atoms. The summed E-state index contributed by atoms with van der Waals surface area (Å²) >= 11 is 0. The summed E-state index contributed by atoms with van der Waals surface area (Å²) in [5.41, 5.74) is 7.64. The summed E-state index contributed by atoms with van der Waals surface area (Å²) in [6, 6.07) is 5.94. The van der Waals surface area contributed by atoms with Crippen molar-refractivity contribution >= 4 is 22.5 Å². The number of amides is 1. The SMILES string of the molecule is Cn1ncc2c(N3CC(CN)CC3=O)cccc21. The number of benzene rings is 1. The molecule has 0 radical (unpaired) electrons. The summed E-state index contributed by atoms with van der Waals surface area (Å²) in [6.07, 6.45) is 2.36. The lowest BCUT2D eigenvalue weighted by molar-refractivity contribution is -0.117. The van der Waals surface area contributed by atoms with E-state index in [1.807, 2.05) is 41.0 Å². The maximum Gasteiger partial charge on any atom is 0.227 e. The van der Waals surface area contributed by atoms with E-state index in [4.69, 9.17) is 5.73 Å². The Kier molecular flexibility index (Phi) is 2.56. The third kappa shape index (κ3) is 1.59. The molecule has 1 saturated heterocycles. The second-order valence-corrected chi connectivity index (χ2v) is 4.79. The molecule has 18 heavy (non-hydrogen) atoms. The summed E-state index contributed by atoms with van der Waals surface area (Å²) in [6.45, 7) is 1.27. The van der Waals surface area contributed by atoms with Gasteiger partial charge in [0.2, 0.25) is 5.91 Å². The highest BCUT2D eigenvalue weighted by molar-refractivity contribution is 6.04. The maximum atomic E-state index is 12.0. The predicted octanol–water partition coefficient (Wildman–Crippen LogP) is 0.885. The molecule has 2 aromatic rings. The van der Waals surface area contributed by atoms with Gasteiger partial charge in [-0.05, 0) is 24.6 Å². The van der Waals surface area contributed by atoms with Gasteiger partial charge < -0.3 is 10.6 Å². The minimum Gasteiger partial charge on any atom is -0.330 e. The van der Waals surface area contributed by atoms with Crippen LogP contribution in [0.2, 0.25) is 0 Å². The normalized spacial score (nSPS) is 20.0. The highest BCUT2D eigenvalue weighted by atomic mass is 16.2. The smallest absolute Gasteiger partial charge is 0.227 e. The number of hydrogen-bond donors (Lipinski definition) is 1. The van der Waals surface area contributed by atoms with Crippen LogP contribution >= 0.6 is 0 Å². The number of aryl methyl sites for hydroxylation is 1. The monoisotopic (exact) mass is 244 g/mol. The highest BCUT2D eigenvalue weighted by Crippen LogP contribution is 2.31. The van der Waals surface area contributed by atoms with Crippen molar-refractivity contribution in [2.24, 2.45) is 18.7 Å². The zero-order valence-electron chi connectivity index (χ0n) is 10.3. The van der Waals surface area contributed by atoms with Crippen LogP contribution in [0.5, 0.6) is 0 Å². The second kappa shape index (κ2) is 4.10. The van der Waals surface area contributed by atoms with Gasteiger partial charge in [0, 0.05) is 25.4 Å². The van der Waals surface area contributed by atoms with E-state index < -0.39 is 0 Å². The van der Waals surface area contributed by atoms with E-state index >= 15 is 0 Å². The summed E-state index contributed by atoms with van der Waals surface area (Å²) in [5.74, 6) is 0.422. The van der Waals surface area contributed by atoms with E-state index in [9.17, 15) is 4.79 Å². The first kappa shape index (κ1) is 11.2. The Balaban J connectivity index is 2.07. The van der Waals surface area contributed by atoms with Gasteiger partial charge in [-0.3, -0.25) is 9.48 Å². The number of hydrogen-bond acceptors (Lipinski definition) is 3. The van der Waals surface area contributed by atoms with E-state index in [0.717, 1.165) is 16.6 Å². The summed E-state index contributed by atoms with van der Waals surface area (Å²) in [4.78, 5) is 13.9. The molecule has 2 N–H and O–H groups in total. The lowest BCUT2D eigenvalue weighted by Crippen LogP contribution is -2.25. The number of fused-ring (bicyclic) bond motifs is 1. The van der Waals surface area contributed by atoms with E-state index in [1.165, 1.54) is 0 Å². The predicted molar refractivity (Wildman–Crippen MR) is 70.2 cm³/mol. The molecule has 1 aromatic heterocycles. The Hall–Kier alpha value is -1.88. The molecule has 3 rings (SSSR count). The number of nitrogens with zero attached hydrogens (tertiary/aromatic N) is 3. The van der Waals surface area contributed by atoms with Crippen LogP contribution in [0.4, 0.5) is 5.69 Å². The Morgan fingerprint density at radius 2 is 2.33 bits per heavy atom. The van der Waals surface area contributed by atoms with Gasteiger partial charge in [-0.1, -0.05) is 6.07 Å². The van der Waals surface area contributed by atoms with Gasteiger partial charge in [0.15, 0.2) is 0 Å². The van der Waals surface area contributed by atoms with Crippen LogP contribution in [-0.4, -0.2) is 28.8 Å². The Morgan fingerprint density at radius 3 is 3.06 bits per heavy atom. The number of carbonyl (C=O) groups excluding carboxylic acids is 1. The van der Waals surface area contributed by atoms with Gasteiger partial charge in [0.05, 0.1) is 17.4 Å². The minimum absolute atomic E-state index is 0.154. The standard InChI is InChI=1S/C13H16N4O/c1-16-11-3-2-4-12(10(11)7-15-16)17-8-9(6-14)5-13(17)18/h2-4,7,9H,5-6,8,14H2,1H3. The van der Waals surface area contributed by atoms with Crippen LogP contribution in [0, 0.1) is 5.92 Å². The Morgan fingerprint density at radius 1 is 1.50 bits per heavy atom. The van der Waals surface area contributed by atoms with E-state index in [1.54, 1.807) is 0 Å².